The van der Waals surface area contributed by atoms with E-state index in [0.717, 1.165) is 18.5 Å². The number of nitrogens with one attached hydrogen (secondary N) is 1. The van der Waals surface area contributed by atoms with E-state index in [9.17, 15) is 4.79 Å². The Labute approximate surface area is 107 Å². The molecule has 1 aromatic carbocycles. The first-order valence-electron chi connectivity index (χ1n) is 5.96. The van der Waals surface area contributed by atoms with E-state index >= 15 is 0 Å². The fraction of sp³-hybridized carbons (Fsp3) is 0.462. The highest BCUT2D eigenvalue weighted by Gasteiger charge is 2.43. The second-order valence-electron chi connectivity index (χ2n) is 4.47. The standard InChI is InChI=1S/C13H17ClN2O/c1-3-13(4-2)9-16(15-12(13)17)11-8-6-5-7-10(11)14/h5-8H,3-4,9H2,1-2H3,(H,15,17). The quantitative estimate of drug-likeness (QED) is 0.897. The number of hydrogen-bond donors (Lipinski definition) is 1. The van der Waals surface area contributed by atoms with E-state index < -0.39 is 0 Å². The molecule has 1 N–H and O–H groups in total. The second-order valence-corrected chi connectivity index (χ2v) is 4.87. The number of halogens is 1. The predicted octanol–water partition coefficient (Wildman–Crippen LogP) is 3.00. The van der Waals surface area contributed by atoms with Crippen LogP contribution in [0.5, 0.6) is 0 Å². The predicted molar refractivity (Wildman–Crippen MR) is 70.0 cm³/mol. The summed E-state index contributed by atoms with van der Waals surface area (Å²) in [5, 5.41) is 2.52. The average Bonchev–Trinajstić information content (AvgIpc) is 2.67. The molecule has 0 unspecified atom stereocenters. The second kappa shape index (κ2) is 4.57. The van der Waals surface area contributed by atoms with E-state index in [1.54, 1.807) is 0 Å². The van der Waals surface area contributed by atoms with Gasteiger partial charge in [-0.2, -0.15) is 0 Å². The Morgan fingerprint density at radius 1 is 1.35 bits per heavy atom. The molecule has 1 aliphatic heterocycles. The highest BCUT2D eigenvalue weighted by molar-refractivity contribution is 6.33. The molecule has 0 radical (unpaired) electrons. The number of para-hydroxylation sites is 1. The fourth-order valence-corrected chi connectivity index (χ4v) is 2.50. The molecule has 1 saturated heterocycles. The molecule has 0 atom stereocenters. The Bertz CT molecular complexity index is 429. The molecule has 17 heavy (non-hydrogen) atoms. The van der Waals surface area contributed by atoms with Crippen LogP contribution in [-0.2, 0) is 4.79 Å². The van der Waals surface area contributed by atoms with E-state index in [2.05, 4.69) is 19.3 Å². The number of hydrazine groups is 1. The monoisotopic (exact) mass is 252 g/mol. The Morgan fingerprint density at radius 3 is 2.53 bits per heavy atom. The van der Waals surface area contributed by atoms with Gasteiger partial charge in [-0.15, -0.1) is 0 Å². The van der Waals surface area contributed by atoms with Crippen LogP contribution in [0.15, 0.2) is 24.3 Å². The van der Waals surface area contributed by atoms with Crippen molar-refractivity contribution in [3.8, 4) is 0 Å². The van der Waals surface area contributed by atoms with E-state index in [1.807, 2.05) is 29.3 Å². The third kappa shape index (κ3) is 2.00. The van der Waals surface area contributed by atoms with Crippen molar-refractivity contribution in [2.75, 3.05) is 11.6 Å². The molecule has 1 amide bonds. The lowest BCUT2D eigenvalue weighted by molar-refractivity contribution is -0.127. The Balaban J connectivity index is 2.28. The minimum Gasteiger partial charge on any atom is -0.283 e. The summed E-state index contributed by atoms with van der Waals surface area (Å²) in [6.07, 6.45) is 1.69. The molecule has 0 aliphatic carbocycles. The molecule has 0 spiro atoms. The number of carbonyl (C=O) groups excluding carboxylic acids is 1. The Kier molecular flexibility index (Phi) is 3.29. The first kappa shape index (κ1) is 12.2. The van der Waals surface area contributed by atoms with Crippen molar-refractivity contribution in [3.05, 3.63) is 29.3 Å². The molecule has 2 rings (SSSR count). The minimum atomic E-state index is -0.279. The van der Waals surface area contributed by atoms with Crippen molar-refractivity contribution in [1.82, 2.24) is 5.43 Å². The molecule has 3 nitrogen and oxygen atoms in total. The van der Waals surface area contributed by atoms with Crippen molar-refractivity contribution in [2.45, 2.75) is 26.7 Å². The number of anilines is 1. The van der Waals surface area contributed by atoms with Crippen LogP contribution in [0.2, 0.25) is 5.02 Å². The first-order chi connectivity index (χ1) is 8.13. The molecule has 1 aromatic rings. The molecule has 0 aromatic heterocycles. The van der Waals surface area contributed by atoms with E-state index in [1.165, 1.54) is 0 Å². The summed E-state index contributed by atoms with van der Waals surface area (Å²) in [5.41, 5.74) is 3.50. The molecular weight excluding hydrogens is 236 g/mol. The molecule has 92 valence electrons. The number of nitrogens with zero attached hydrogens (tertiary/aromatic N) is 1. The average molecular weight is 253 g/mol. The highest BCUT2D eigenvalue weighted by Crippen LogP contribution is 2.36. The van der Waals surface area contributed by atoms with E-state index in [-0.39, 0.29) is 11.3 Å². The van der Waals surface area contributed by atoms with Gasteiger partial charge >= 0.3 is 0 Å². The van der Waals surface area contributed by atoms with Crippen LogP contribution in [0.4, 0.5) is 5.69 Å². The molecular formula is C13H17ClN2O. The van der Waals surface area contributed by atoms with Crippen LogP contribution >= 0.6 is 11.6 Å². The largest absolute Gasteiger partial charge is 0.283 e. The van der Waals surface area contributed by atoms with Gasteiger partial charge in [0.15, 0.2) is 0 Å². The SMILES string of the molecule is CCC1(CC)CN(c2ccccc2Cl)NC1=O. The zero-order valence-corrected chi connectivity index (χ0v) is 10.9. The summed E-state index contributed by atoms with van der Waals surface area (Å²) >= 11 is 6.14. The third-order valence-electron chi connectivity index (χ3n) is 3.68. The lowest BCUT2D eigenvalue weighted by atomic mass is 9.82. The normalized spacial score (nSPS) is 18.3. The van der Waals surface area contributed by atoms with Crippen LogP contribution in [0.3, 0.4) is 0 Å². The summed E-state index contributed by atoms with van der Waals surface area (Å²) < 4.78 is 0. The molecule has 4 heteroatoms. The first-order valence-corrected chi connectivity index (χ1v) is 6.34. The van der Waals surface area contributed by atoms with Crippen molar-refractivity contribution < 1.29 is 4.79 Å². The Hall–Kier alpha value is -1.22. The van der Waals surface area contributed by atoms with E-state index in [0.29, 0.717) is 11.6 Å². The summed E-state index contributed by atoms with van der Waals surface area (Å²) in [5.74, 6) is 0.0995. The molecule has 0 bridgehead atoms. The topological polar surface area (TPSA) is 32.3 Å². The van der Waals surface area contributed by atoms with E-state index in [4.69, 9.17) is 11.6 Å². The summed E-state index contributed by atoms with van der Waals surface area (Å²) in [4.78, 5) is 12.1. The van der Waals surface area contributed by atoms with Gasteiger partial charge in [0.25, 0.3) is 0 Å². The number of amides is 1. The number of hydrogen-bond acceptors (Lipinski definition) is 2. The summed E-state index contributed by atoms with van der Waals surface area (Å²) in [6, 6.07) is 7.56. The number of rotatable bonds is 3. The van der Waals surface area contributed by atoms with Crippen molar-refractivity contribution >= 4 is 23.2 Å². The zero-order valence-electron chi connectivity index (χ0n) is 10.2. The van der Waals surface area contributed by atoms with Gasteiger partial charge in [-0.05, 0) is 25.0 Å². The van der Waals surface area contributed by atoms with Gasteiger partial charge in [-0.25, -0.2) is 0 Å². The van der Waals surface area contributed by atoms with Gasteiger partial charge in [0.05, 0.1) is 22.7 Å². The molecule has 1 aliphatic rings. The van der Waals surface area contributed by atoms with Crippen LogP contribution in [0.25, 0.3) is 0 Å². The lowest BCUT2D eigenvalue weighted by Crippen LogP contribution is -2.33. The smallest absolute Gasteiger partial charge is 0.246 e. The van der Waals surface area contributed by atoms with Gasteiger partial charge in [-0.1, -0.05) is 37.6 Å². The summed E-state index contributed by atoms with van der Waals surface area (Å²) in [7, 11) is 0. The molecule has 1 fully saturated rings. The molecule has 1 heterocycles. The van der Waals surface area contributed by atoms with Crippen LogP contribution in [0, 0.1) is 5.41 Å². The van der Waals surface area contributed by atoms with Gasteiger partial charge in [0.1, 0.15) is 0 Å². The van der Waals surface area contributed by atoms with Crippen LogP contribution < -0.4 is 10.4 Å². The highest BCUT2D eigenvalue weighted by atomic mass is 35.5. The van der Waals surface area contributed by atoms with Gasteiger partial charge in [-0.3, -0.25) is 15.2 Å². The minimum absolute atomic E-state index is 0.0995. The maximum Gasteiger partial charge on any atom is 0.246 e. The lowest BCUT2D eigenvalue weighted by Gasteiger charge is -2.23. The maximum absolute atomic E-state index is 12.1. The van der Waals surface area contributed by atoms with Crippen molar-refractivity contribution in [2.24, 2.45) is 5.41 Å². The van der Waals surface area contributed by atoms with Crippen molar-refractivity contribution in [3.63, 3.8) is 0 Å². The fourth-order valence-electron chi connectivity index (χ4n) is 2.27. The summed E-state index contributed by atoms with van der Waals surface area (Å²) in [6.45, 7) is 4.79. The number of carbonyl (C=O) groups is 1. The van der Waals surface area contributed by atoms with Crippen LogP contribution in [-0.4, -0.2) is 12.5 Å². The number of benzene rings is 1. The van der Waals surface area contributed by atoms with Crippen LogP contribution in [0.1, 0.15) is 26.7 Å². The molecule has 0 saturated carbocycles. The Morgan fingerprint density at radius 2 is 2.00 bits per heavy atom. The zero-order chi connectivity index (χ0) is 12.5. The third-order valence-corrected chi connectivity index (χ3v) is 4.00. The van der Waals surface area contributed by atoms with Gasteiger partial charge in [0, 0.05) is 0 Å². The van der Waals surface area contributed by atoms with Gasteiger partial charge < -0.3 is 0 Å². The van der Waals surface area contributed by atoms with Gasteiger partial charge in [0.2, 0.25) is 5.91 Å². The maximum atomic E-state index is 12.1. The van der Waals surface area contributed by atoms with Crippen molar-refractivity contribution in [1.29, 1.82) is 0 Å².